The summed E-state index contributed by atoms with van der Waals surface area (Å²) in [7, 11) is 0. The number of aromatic hydroxyl groups is 1. The second-order valence-electron chi connectivity index (χ2n) is 6.46. The number of hydrogen-bond acceptors (Lipinski definition) is 3. The van der Waals surface area contributed by atoms with Gasteiger partial charge < -0.3 is 15.4 Å². The van der Waals surface area contributed by atoms with Gasteiger partial charge >= 0.3 is 0 Å². The Balaban J connectivity index is 2.54. The number of rotatable bonds is 4. The van der Waals surface area contributed by atoms with Crippen LogP contribution in [-0.2, 0) is 5.54 Å². The third-order valence-corrected chi connectivity index (χ3v) is 5.23. The summed E-state index contributed by atoms with van der Waals surface area (Å²) >= 11 is 0. The second kappa shape index (κ2) is 6.27. The van der Waals surface area contributed by atoms with Crippen molar-refractivity contribution in [3.05, 3.63) is 59.3 Å². The molecule has 0 amide bonds. The van der Waals surface area contributed by atoms with Crippen LogP contribution in [0, 0.1) is 18.3 Å². The van der Waals surface area contributed by atoms with Gasteiger partial charge in [-0.1, -0.05) is 32.0 Å². The van der Waals surface area contributed by atoms with E-state index in [4.69, 9.17) is 5.73 Å². The zero-order chi connectivity index (χ0) is 18.2. The topological polar surface area (TPSA) is 75.0 Å². The summed E-state index contributed by atoms with van der Waals surface area (Å²) in [4.78, 5) is 0. The van der Waals surface area contributed by atoms with Crippen LogP contribution >= 0.6 is 0 Å². The van der Waals surface area contributed by atoms with Crippen LogP contribution in [0.25, 0.3) is 16.6 Å². The highest BCUT2D eigenvalue weighted by Gasteiger charge is 2.32. The molecule has 2 aromatic carbocycles. The van der Waals surface area contributed by atoms with Crippen molar-refractivity contribution in [1.29, 1.82) is 5.26 Å². The molecular weight excluding hydrogens is 310 g/mol. The van der Waals surface area contributed by atoms with Gasteiger partial charge in [0, 0.05) is 27.9 Å². The maximum atomic E-state index is 10.7. The Labute approximate surface area is 148 Å². The molecule has 3 rings (SSSR count). The number of hydrogen-bond donors (Lipinski definition) is 2. The lowest BCUT2D eigenvalue weighted by molar-refractivity contribution is 0.383. The molecule has 0 radical (unpaired) electrons. The van der Waals surface area contributed by atoms with Crippen molar-refractivity contribution < 1.29 is 5.11 Å². The first-order valence-electron chi connectivity index (χ1n) is 8.60. The Bertz CT molecular complexity index is 960. The van der Waals surface area contributed by atoms with Gasteiger partial charge in [0.1, 0.15) is 11.8 Å². The normalized spacial score (nSPS) is 11.6. The highest BCUT2D eigenvalue weighted by atomic mass is 16.3. The molecule has 1 aromatic heterocycles. The van der Waals surface area contributed by atoms with E-state index in [1.165, 1.54) is 0 Å². The number of phenols is 1. The van der Waals surface area contributed by atoms with Gasteiger partial charge in [0.25, 0.3) is 0 Å². The van der Waals surface area contributed by atoms with Gasteiger partial charge in [-0.25, -0.2) is 0 Å². The Kier molecular flexibility index (Phi) is 4.28. The van der Waals surface area contributed by atoms with Crippen molar-refractivity contribution in [3.8, 4) is 17.5 Å². The number of benzene rings is 2. The summed E-state index contributed by atoms with van der Waals surface area (Å²) in [6, 6.07) is 15.7. The zero-order valence-electron chi connectivity index (χ0n) is 14.9. The Morgan fingerprint density at radius 3 is 2.32 bits per heavy atom. The highest BCUT2D eigenvalue weighted by Crippen LogP contribution is 2.42. The molecule has 0 aliphatic heterocycles. The minimum Gasteiger partial charge on any atom is -0.508 e. The lowest BCUT2D eigenvalue weighted by Crippen LogP contribution is -2.35. The van der Waals surface area contributed by atoms with Gasteiger partial charge in [0.05, 0.1) is 11.1 Å². The first-order chi connectivity index (χ1) is 12.0. The quantitative estimate of drug-likeness (QED) is 0.738. The number of phenolic OH excluding ortho intramolecular Hbond substituents is 1. The summed E-state index contributed by atoms with van der Waals surface area (Å²) in [5.74, 6) is 0.179. The standard InChI is InChI=1S/C21H23N3O/c1-4-21(23,5-2)19-18(25)12-11-16-17(13-22)14(3)24(20(16)19)15-9-7-6-8-10-15/h6-12,25H,4-5,23H2,1-3H3. The fraction of sp³-hybridized carbons (Fsp3) is 0.286. The van der Waals surface area contributed by atoms with Gasteiger partial charge in [0.2, 0.25) is 0 Å². The molecule has 0 saturated heterocycles. The van der Waals surface area contributed by atoms with Crippen LogP contribution in [0.4, 0.5) is 0 Å². The number of fused-ring (bicyclic) bond motifs is 1. The molecule has 4 nitrogen and oxygen atoms in total. The van der Waals surface area contributed by atoms with Crippen LogP contribution in [0.2, 0.25) is 0 Å². The molecule has 0 fully saturated rings. The largest absolute Gasteiger partial charge is 0.508 e. The van der Waals surface area contributed by atoms with Crippen molar-refractivity contribution in [2.45, 2.75) is 39.2 Å². The average Bonchev–Trinajstić information content (AvgIpc) is 2.92. The van der Waals surface area contributed by atoms with Crippen molar-refractivity contribution >= 4 is 10.9 Å². The van der Waals surface area contributed by atoms with Crippen LogP contribution in [-0.4, -0.2) is 9.67 Å². The molecule has 25 heavy (non-hydrogen) atoms. The van der Waals surface area contributed by atoms with Crippen LogP contribution in [0.15, 0.2) is 42.5 Å². The van der Waals surface area contributed by atoms with Crippen LogP contribution in [0.5, 0.6) is 5.75 Å². The Hall–Kier alpha value is -2.77. The van der Waals surface area contributed by atoms with E-state index >= 15 is 0 Å². The number of nitrogens with two attached hydrogens (primary N) is 1. The maximum absolute atomic E-state index is 10.7. The smallest absolute Gasteiger partial charge is 0.122 e. The number of nitrogens with zero attached hydrogens (tertiary/aromatic N) is 2. The molecule has 0 bridgehead atoms. The molecule has 0 unspecified atom stereocenters. The van der Waals surface area contributed by atoms with Crippen LogP contribution < -0.4 is 5.73 Å². The molecule has 0 atom stereocenters. The van der Waals surface area contributed by atoms with E-state index in [0.717, 1.165) is 22.3 Å². The SMILES string of the molecule is CCC(N)(CC)c1c(O)ccc2c(C#N)c(C)n(-c3ccccc3)c12. The van der Waals surface area contributed by atoms with E-state index < -0.39 is 5.54 Å². The summed E-state index contributed by atoms with van der Waals surface area (Å²) in [5, 5.41) is 21.2. The summed E-state index contributed by atoms with van der Waals surface area (Å²) in [6.07, 6.45) is 1.38. The van der Waals surface area contributed by atoms with Gasteiger partial charge in [-0.2, -0.15) is 5.26 Å². The van der Waals surface area contributed by atoms with E-state index in [1.807, 2.05) is 61.7 Å². The highest BCUT2D eigenvalue weighted by molar-refractivity contribution is 5.94. The maximum Gasteiger partial charge on any atom is 0.122 e. The Morgan fingerprint density at radius 2 is 1.76 bits per heavy atom. The van der Waals surface area contributed by atoms with E-state index in [2.05, 4.69) is 6.07 Å². The van der Waals surface area contributed by atoms with E-state index in [0.29, 0.717) is 24.0 Å². The third-order valence-electron chi connectivity index (χ3n) is 5.23. The monoisotopic (exact) mass is 333 g/mol. The van der Waals surface area contributed by atoms with Crippen molar-refractivity contribution in [2.75, 3.05) is 0 Å². The summed E-state index contributed by atoms with van der Waals surface area (Å²) < 4.78 is 2.04. The molecule has 0 aliphatic rings. The second-order valence-corrected chi connectivity index (χ2v) is 6.46. The molecular formula is C21H23N3O. The van der Waals surface area contributed by atoms with Crippen LogP contribution in [0.1, 0.15) is 43.5 Å². The zero-order valence-corrected chi connectivity index (χ0v) is 14.9. The molecule has 128 valence electrons. The number of para-hydroxylation sites is 1. The lowest BCUT2D eigenvalue weighted by Gasteiger charge is -2.29. The fourth-order valence-corrected chi connectivity index (χ4v) is 3.62. The minimum absolute atomic E-state index is 0.179. The molecule has 0 saturated carbocycles. The van der Waals surface area contributed by atoms with Crippen molar-refractivity contribution in [2.24, 2.45) is 5.73 Å². The third kappa shape index (κ3) is 2.48. The molecule has 3 N–H and O–H groups in total. The minimum atomic E-state index is -0.659. The first-order valence-corrected chi connectivity index (χ1v) is 8.60. The fourth-order valence-electron chi connectivity index (χ4n) is 3.62. The van der Waals surface area contributed by atoms with E-state index in [-0.39, 0.29) is 5.75 Å². The predicted molar refractivity (Wildman–Crippen MR) is 101 cm³/mol. The van der Waals surface area contributed by atoms with Gasteiger partial charge in [0.15, 0.2) is 0 Å². The molecule has 0 spiro atoms. The average molecular weight is 333 g/mol. The predicted octanol–water partition coefficient (Wildman–Crippen LogP) is 4.49. The molecule has 3 aromatic rings. The molecule has 1 heterocycles. The summed E-state index contributed by atoms with van der Waals surface area (Å²) in [6.45, 7) is 5.98. The molecule has 0 aliphatic carbocycles. The van der Waals surface area contributed by atoms with E-state index in [9.17, 15) is 10.4 Å². The van der Waals surface area contributed by atoms with E-state index in [1.54, 1.807) is 6.07 Å². The summed E-state index contributed by atoms with van der Waals surface area (Å²) in [5.41, 5.74) is 9.98. The van der Waals surface area contributed by atoms with Crippen molar-refractivity contribution in [1.82, 2.24) is 4.57 Å². The van der Waals surface area contributed by atoms with Gasteiger partial charge in [-0.15, -0.1) is 0 Å². The molecule has 4 heteroatoms. The lowest BCUT2D eigenvalue weighted by atomic mass is 9.83. The van der Waals surface area contributed by atoms with Gasteiger partial charge in [-0.05, 0) is 44.0 Å². The van der Waals surface area contributed by atoms with Crippen LogP contribution in [0.3, 0.4) is 0 Å². The first kappa shape index (κ1) is 17.1. The Morgan fingerprint density at radius 1 is 1.12 bits per heavy atom. The van der Waals surface area contributed by atoms with Gasteiger partial charge in [-0.3, -0.25) is 0 Å². The van der Waals surface area contributed by atoms with Crippen molar-refractivity contribution in [3.63, 3.8) is 0 Å². The number of aromatic nitrogens is 1. The number of nitriles is 1.